The van der Waals surface area contributed by atoms with Crippen molar-refractivity contribution < 1.29 is 19.7 Å². The molecule has 1 rings (SSSR count). The second-order valence-corrected chi connectivity index (χ2v) is 6.83. The third-order valence-electron chi connectivity index (χ3n) is 4.59. The van der Waals surface area contributed by atoms with Crippen molar-refractivity contribution in [1.82, 2.24) is 4.90 Å². The van der Waals surface area contributed by atoms with Crippen molar-refractivity contribution in [2.75, 3.05) is 20.6 Å². The number of ether oxygens (including phenoxy) is 1. The number of aliphatic hydroxyl groups excluding tert-OH is 1. The summed E-state index contributed by atoms with van der Waals surface area (Å²) in [5, 5.41) is 19.6. The first kappa shape index (κ1) is 22.9. The van der Waals surface area contributed by atoms with Gasteiger partial charge < -0.3 is 19.8 Å². The molecule has 0 aromatic carbocycles. The number of aliphatic hydroxyl groups is 1. The van der Waals surface area contributed by atoms with Crippen LogP contribution in [0, 0.1) is 11.8 Å². The molecule has 0 fully saturated rings. The monoisotopic (exact) mass is 343 g/mol. The van der Waals surface area contributed by atoms with Crippen LogP contribution in [-0.4, -0.2) is 54.1 Å². The number of nitrogens with zero attached hydrogens (tertiary/aromatic N) is 1. The van der Waals surface area contributed by atoms with Gasteiger partial charge in [0.2, 0.25) is 0 Å². The van der Waals surface area contributed by atoms with Gasteiger partial charge in [-0.25, -0.2) is 4.79 Å². The van der Waals surface area contributed by atoms with E-state index in [-0.39, 0.29) is 11.8 Å². The average Bonchev–Trinajstić information content (AvgIpc) is 2.53. The van der Waals surface area contributed by atoms with Gasteiger partial charge in [-0.3, -0.25) is 0 Å². The molecule has 0 aromatic heterocycles. The lowest BCUT2D eigenvalue weighted by atomic mass is 9.82. The van der Waals surface area contributed by atoms with Gasteiger partial charge in [0.15, 0.2) is 0 Å². The Morgan fingerprint density at radius 3 is 2.50 bits per heavy atom. The van der Waals surface area contributed by atoms with Gasteiger partial charge in [-0.2, -0.15) is 0 Å². The van der Waals surface area contributed by atoms with Crippen molar-refractivity contribution in [2.45, 2.75) is 72.0 Å². The molecule has 0 bridgehead atoms. The van der Waals surface area contributed by atoms with Crippen molar-refractivity contribution >= 4 is 6.16 Å². The molecule has 0 radical (unpaired) electrons. The molecule has 0 saturated carbocycles. The molecule has 5 heteroatoms. The zero-order valence-electron chi connectivity index (χ0n) is 16.3. The highest BCUT2D eigenvalue weighted by Crippen LogP contribution is 2.30. The number of carboxylic acid groups (broad SMARTS) is 1. The molecule has 142 valence electrons. The fourth-order valence-electron chi connectivity index (χ4n) is 3.06. The van der Waals surface area contributed by atoms with E-state index in [4.69, 9.17) is 9.84 Å². The standard InChI is InChI=1S/C17H31NO4.C2H6/c1-12-6-5-7-13(2)15(19)16(22-17(20)21)14(9-8-12)10-11-18(3)4;1-2/h6,13-16,19H,5,7-11H2,1-4H3,(H,20,21);1-2H3/b12-6+;/t13?,14-,15?,16-;/m0./s1. The minimum atomic E-state index is -1.30. The summed E-state index contributed by atoms with van der Waals surface area (Å²) in [5.74, 6) is 0.0609. The van der Waals surface area contributed by atoms with E-state index >= 15 is 0 Å². The first-order valence-corrected chi connectivity index (χ1v) is 9.19. The highest BCUT2D eigenvalue weighted by atomic mass is 16.7. The predicted molar refractivity (Wildman–Crippen MR) is 98.3 cm³/mol. The molecule has 2 N–H and O–H groups in total. The zero-order chi connectivity index (χ0) is 18.7. The first-order valence-electron chi connectivity index (χ1n) is 9.19. The van der Waals surface area contributed by atoms with E-state index < -0.39 is 18.4 Å². The van der Waals surface area contributed by atoms with Crippen molar-refractivity contribution in [3.63, 3.8) is 0 Å². The summed E-state index contributed by atoms with van der Waals surface area (Å²) in [6, 6.07) is 0. The number of allylic oxidation sites excluding steroid dienone is 2. The average molecular weight is 344 g/mol. The van der Waals surface area contributed by atoms with E-state index in [2.05, 4.69) is 17.9 Å². The molecule has 1 aliphatic carbocycles. The minimum absolute atomic E-state index is 0.0216. The molecule has 0 spiro atoms. The first-order chi connectivity index (χ1) is 11.3. The van der Waals surface area contributed by atoms with E-state index in [0.717, 1.165) is 38.6 Å². The van der Waals surface area contributed by atoms with Gasteiger partial charge in [-0.05, 0) is 65.6 Å². The smallest absolute Gasteiger partial charge is 0.450 e. The predicted octanol–water partition coefficient (Wildman–Crippen LogP) is 4.16. The van der Waals surface area contributed by atoms with Crippen LogP contribution in [-0.2, 0) is 4.74 Å². The van der Waals surface area contributed by atoms with Gasteiger partial charge in [0.25, 0.3) is 0 Å². The molecule has 0 aliphatic heterocycles. The van der Waals surface area contributed by atoms with Crippen LogP contribution in [0.3, 0.4) is 0 Å². The Bertz CT molecular complexity index is 382. The van der Waals surface area contributed by atoms with Crippen LogP contribution in [0.5, 0.6) is 0 Å². The highest BCUT2D eigenvalue weighted by Gasteiger charge is 2.35. The van der Waals surface area contributed by atoms with Crippen molar-refractivity contribution in [3.8, 4) is 0 Å². The van der Waals surface area contributed by atoms with Crippen LogP contribution in [0.2, 0.25) is 0 Å². The van der Waals surface area contributed by atoms with Crippen LogP contribution in [0.4, 0.5) is 4.79 Å². The number of hydrogen-bond acceptors (Lipinski definition) is 4. The molecule has 0 aromatic rings. The summed E-state index contributed by atoms with van der Waals surface area (Å²) in [6.07, 6.45) is 3.93. The third-order valence-corrected chi connectivity index (χ3v) is 4.59. The van der Waals surface area contributed by atoms with Gasteiger partial charge in [-0.1, -0.05) is 32.4 Å². The third kappa shape index (κ3) is 8.69. The Hall–Kier alpha value is -1.07. The lowest BCUT2D eigenvalue weighted by Gasteiger charge is -2.34. The van der Waals surface area contributed by atoms with Crippen LogP contribution < -0.4 is 0 Å². The van der Waals surface area contributed by atoms with Gasteiger partial charge in [0.1, 0.15) is 6.10 Å². The van der Waals surface area contributed by atoms with E-state index in [9.17, 15) is 9.90 Å². The molecule has 0 heterocycles. The molecule has 5 nitrogen and oxygen atoms in total. The quantitative estimate of drug-likeness (QED) is 0.592. The Morgan fingerprint density at radius 2 is 1.96 bits per heavy atom. The summed E-state index contributed by atoms with van der Waals surface area (Å²) in [7, 11) is 3.99. The Labute approximate surface area is 147 Å². The highest BCUT2D eigenvalue weighted by molar-refractivity contribution is 5.57. The molecule has 0 saturated heterocycles. The summed E-state index contributed by atoms with van der Waals surface area (Å²) in [6.45, 7) is 8.95. The molecule has 0 amide bonds. The molecular weight excluding hydrogens is 306 g/mol. The van der Waals surface area contributed by atoms with Crippen molar-refractivity contribution in [3.05, 3.63) is 11.6 Å². The topological polar surface area (TPSA) is 70.0 Å². The Kier molecular flexibility index (Phi) is 11.8. The minimum Gasteiger partial charge on any atom is -0.450 e. The van der Waals surface area contributed by atoms with E-state index in [1.165, 1.54) is 5.57 Å². The largest absolute Gasteiger partial charge is 0.506 e. The fraction of sp³-hybridized carbons (Fsp3) is 0.842. The summed E-state index contributed by atoms with van der Waals surface area (Å²) in [5.41, 5.74) is 1.34. The molecule has 2 unspecified atom stereocenters. The van der Waals surface area contributed by atoms with Crippen LogP contribution in [0.25, 0.3) is 0 Å². The van der Waals surface area contributed by atoms with E-state index in [1.807, 2.05) is 34.9 Å². The number of rotatable bonds is 4. The molecule has 4 atom stereocenters. The molecule has 1 aliphatic rings. The van der Waals surface area contributed by atoms with Crippen molar-refractivity contribution in [2.24, 2.45) is 11.8 Å². The lowest BCUT2D eigenvalue weighted by Crippen LogP contribution is -2.42. The van der Waals surface area contributed by atoms with Gasteiger partial charge in [0.05, 0.1) is 6.10 Å². The zero-order valence-corrected chi connectivity index (χ0v) is 16.3. The second-order valence-electron chi connectivity index (χ2n) is 6.83. The second kappa shape index (κ2) is 12.3. The summed E-state index contributed by atoms with van der Waals surface area (Å²) < 4.78 is 5.11. The fourth-order valence-corrected chi connectivity index (χ4v) is 3.06. The SMILES string of the molecule is C/C1=C\CCC(C)C(O)[C@@H](OC(=O)O)[C@H](CCN(C)C)CC1.CC. The molecular formula is C19H37NO4. The summed E-state index contributed by atoms with van der Waals surface area (Å²) in [4.78, 5) is 13.1. The van der Waals surface area contributed by atoms with E-state index in [0.29, 0.717) is 0 Å². The van der Waals surface area contributed by atoms with Gasteiger partial charge in [0, 0.05) is 5.92 Å². The Balaban J connectivity index is 0.00000254. The van der Waals surface area contributed by atoms with Crippen LogP contribution in [0.1, 0.15) is 59.8 Å². The number of carbonyl (C=O) groups is 1. The Morgan fingerprint density at radius 1 is 1.33 bits per heavy atom. The molecule has 24 heavy (non-hydrogen) atoms. The van der Waals surface area contributed by atoms with Gasteiger partial charge in [-0.15, -0.1) is 0 Å². The van der Waals surface area contributed by atoms with E-state index in [1.54, 1.807) is 0 Å². The normalized spacial score (nSPS) is 30.6. The summed E-state index contributed by atoms with van der Waals surface area (Å²) >= 11 is 0. The number of hydrogen-bond donors (Lipinski definition) is 2. The van der Waals surface area contributed by atoms with Crippen molar-refractivity contribution in [1.29, 1.82) is 0 Å². The van der Waals surface area contributed by atoms with Gasteiger partial charge >= 0.3 is 6.16 Å². The maximum atomic E-state index is 11.1. The maximum absolute atomic E-state index is 11.1. The van der Waals surface area contributed by atoms with Crippen LogP contribution >= 0.6 is 0 Å². The lowest BCUT2D eigenvalue weighted by molar-refractivity contribution is -0.0716. The van der Waals surface area contributed by atoms with Crippen LogP contribution in [0.15, 0.2) is 11.6 Å². The maximum Gasteiger partial charge on any atom is 0.506 e.